The van der Waals surface area contributed by atoms with Crippen LogP contribution in [0.5, 0.6) is 5.75 Å². The van der Waals surface area contributed by atoms with Crippen LogP contribution >= 0.6 is 11.6 Å². The molecule has 2 N–H and O–H groups in total. The van der Waals surface area contributed by atoms with Gasteiger partial charge >= 0.3 is 0 Å². The predicted octanol–water partition coefficient (Wildman–Crippen LogP) is 2.97. The van der Waals surface area contributed by atoms with Crippen LogP contribution in [0.3, 0.4) is 0 Å². The van der Waals surface area contributed by atoms with Crippen molar-refractivity contribution < 1.29 is 4.74 Å². The van der Waals surface area contributed by atoms with E-state index in [1.807, 2.05) is 12.1 Å². The fourth-order valence-electron chi connectivity index (χ4n) is 1.68. The molecule has 0 amide bonds. The van der Waals surface area contributed by atoms with Gasteiger partial charge in [0.25, 0.3) is 0 Å². The summed E-state index contributed by atoms with van der Waals surface area (Å²) >= 11 is 6.06. The van der Waals surface area contributed by atoms with E-state index in [2.05, 4.69) is 13.8 Å². The zero-order valence-corrected chi connectivity index (χ0v) is 10.3. The summed E-state index contributed by atoms with van der Waals surface area (Å²) in [7, 11) is 1.69. The molecule has 0 heterocycles. The molecule has 0 bridgehead atoms. The van der Waals surface area contributed by atoms with Gasteiger partial charge in [-0.1, -0.05) is 25.4 Å². The maximum absolute atomic E-state index is 6.06. The summed E-state index contributed by atoms with van der Waals surface area (Å²) in [4.78, 5) is 0. The highest BCUT2D eigenvalue weighted by Crippen LogP contribution is 2.33. The second-order valence-corrected chi connectivity index (χ2v) is 4.11. The molecule has 84 valence electrons. The smallest absolute Gasteiger partial charge is 0.125 e. The number of aryl methyl sites for hydroxylation is 1. The molecule has 1 unspecified atom stereocenters. The standard InChI is InChI=1S/C12H18ClNO/c1-4-9-5-10(13)6-11(8(2)7-14)12(9)15-3/h5-6,8H,4,7,14H2,1-3H3. The summed E-state index contributed by atoms with van der Waals surface area (Å²) in [5.74, 6) is 1.20. The predicted molar refractivity (Wildman–Crippen MR) is 64.9 cm³/mol. The monoisotopic (exact) mass is 227 g/mol. The Morgan fingerprint density at radius 2 is 2.13 bits per heavy atom. The number of ether oxygens (including phenoxy) is 1. The van der Waals surface area contributed by atoms with E-state index < -0.39 is 0 Å². The molecule has 1 atom stereocenters. The SMILES string of the molecule is CCc1cc(Cl)cc(C(C)CN)c1OC. The van der Waals surface area contributed by atoms with Gasteiger partial charge in [-0.3, -0.25) is 0 Å². The molecule has 0 aromatic heterocycles. The number of hydrogen-bond acceptors (Lipinski definition) is 2. The largest absolute Gasteiger partial charge is 0.496 e. The summed E-state index contributed by atoms with van der Waals surface area (Å²) in [6, 6.07) is 3.89. The van der Waals surface area contributed by atoms with Crippen LogP contribution in [0.15, 0.2) is 12.1 Å². The molecule has 0 fully saturated rings. The highest BCUT2D eigenvalue weighted by molar-refractivity contribution is 6.30. The second kappa shape index (κ2) is 5.38. The van der Waals surface area contributed by atoms with Crippen LogP contribution < -0.4 is 10.5 Å². The van der Waals surface area contributed by atoms with E-state index in [-0.39, 0.29) is 5.92 Å². The van der Waals surface area contributed by atoms with Gasteiger partial charge in [-0.15, -0.1) is 0 Å². The van der Waals surface area contributed by atoms with Crippen LogP contribution in [0.1, 0.15) is 30.9 Å². The van der Waals surface area contributed by atoms with Crippen LogP contribution in [-0.4, -0.2) is 13.7 Å². The molecule has 1 rings (SSSR count). The van der Waals surface area contributed by atoms with Gasteiger partial charge in [0.1, 0.15) is 5.75 Å². The second-order valence-electron chi connectivity index (χ2n) is 3.68. The molecule has 0 aliphatic rings. The van der Waals surface area contributed by atoms with Crippen LogP contribution in [-0.2, 0) is 6.42 Å². The highest BCUT2D eigenvalue weighted by Gasteiger charge is 2.14. The van der Waals surface area contributed by atoms with Gasteiger partial charge in [0.05, 0.1) is 7.11 Å². The molecular formula is C12H18ClNO. The van der Waals surface area contributed by atoms with Crippen molar-refractivity contribution in [3.8, 4) is 5.75 Å². The molecule has 0 aliphatic carbocycles. The molecule has 1 aromatic rings. The van der Waals surface area contributed by atoms with Crippen molar-refractivity contribution in [2.45, 2.75) is 26.2 Å². The van der Waals surface area contributed by atoms with Crippen LogP contribution in [0.25, 0.3) is 0 Å². The number of methoxy groups -OCH3 is 1. The van der Waals surface area contributed by atoms with Gasteiger partial charge in [-0.25, -0.2) is 0 Å². The molecule has 0 saturated carbocycles. The first kappa shape index (κ1) is 12.3. The molecule has 1 aromatic carbocycles. The zero-order chi connectivity index (χ0) is 11.4. The maximum Gasteiger partial charge on any atom is 0.125 e. The highest BCUT2D eigenvalue weighted by atomic mass is 35.5. The molecule has 15 heavy (non-hydrogen) atoms. The molecule has 3 heteroatoms. The average Bonchev–Trinajstić information content (AvgIpc) is 2.26. The third-order valence-electron chi connectivity index (χ3n) is 2.63. The normalized spacial score (nSPS) is 12.6. The van der Waals surface area contributed by atoms with Crippen LogP contribution in [0.2, 0.25) is 5.02 Å². The van der Waals surface area contributed by atoms with Crippen LogP contribution in [0.4, 0.5) is 0 Å². The van der Waals surface area contributed by atoms with Crippen molar-refractivity contribution in [1.29, 1.82) is 0 Å². The topological polar surface area (TPSA) is 35.2 Å². The van der Waals surface area contributed by atoms with Crippen molar-refractivity contribution in [2.24, 2.45) is 5.73 Å². The lowest BCUT2D eigenvalue weighted by Crippen LogP contribution is -2.11. The Labute approximate surface area is 96.4 Å². The van der Waals surface area contributed by atoms with Gasteiger partial charge in [0, 0.05) is 5.02 Å². The molecule has 2 nitrogen and oxygen atoms in total. The first-order valence-electron chi connectivity index (χ1n) is 5.20. The van der Waals surface area contributed by atoms with E-state index in [9.17, 15) is 0 Å². The van der Waals surface area contributed by atoms with E-state index in [0.717, 1.165) is 28.3 Å². The van der Waals surface area contributed by atoms with Crippen molar-refractivity contribution in [3.63, 3.8) is 0 Å². The molecule has 0 saturated heterocycles. The summed E-state index contributed by atoms with van der Waals surface area (Å²) in [6.45, 7) is 4.76. The minimum Gasteiger partial charge on any atom is -0.496 e. The summed E-state index contributed by atoms with van der Waals surface area (Å²) in [5, 5.41) is 0.753. The number of hydrogen-bond donors (Lipinski definition) is 1. The minimum absolute atomic E-state index is 0.268. The van der Waals surface area contributed by atoms with Gasteiger partial charge in [-0.2, -0.15) is 0 Å². The fraction of sp³-hybridized carbons (Fsp3) is 0.500. The molecule has 0 radical (unpaired) electrons. The third-order valence-corrected chi connectivity index (χ3v) is 2.85. The Kier molecular flexibility index (Phi) is 4.43. The van der Waals surface area contributed by atoms with Gasteiger partial charge in [-0.05, 0) is 42.1 Å². The minimum atomic E-state index is 0.268. The van der Waals surface area contributed by atoms with Gasteiger partial charge < -0.3 is 10.5 Å². The third kappa shape index (κ3) is 2.64. The summed E-state index contributed by atoms with van der Waals surface area (Å²) in [6.07, 6.45) is 0.911. The zero-order valence-electron chi connectivity index (χ0n) is 9.51. The first-order chi connectivity index (χ1) is 7.13. The Morgan fingerprint density at radius 3 is 2.60 bits per heavy atom. The molecular weight excluding hydrogens is 210 g/mol. The number of halogens is 1. The van der Waals surface area contributed by atoms with Gasteiger partial charge in [0.2, 0.25) is 0 Å². The molecule has 0 spiro atoms. The summed E-state index contributed by atoms with van der Waals surface area (Å²) < 4.78 is 5.43. The number of rotatable bonds is 4. The number of nitrogens with two attached hydrogens (primary N) is 1. The van der Waals surface area contributed by atoms with E-state index >= 15 is 0 Å². The Bertz CT molecular complexity index is 339. The van der Waals surface area contributed by atoms with Gasteiger partial charge in [0.15, 0.2) is 0 Å². The Hall–Kier alpha value is -0.730. The van der Waals surface area contributed by atoms with E-state index in [4.69, 9.17) is 22.1 Å². The lowest BCUT2D eigenvalue weighted by Gasteiger charge is -2.17. The lowest BCUT2D eigenvalue weighted by molar-refractivity contribution is 0.402. The van der Waals surface area contributed by atoms with Crippen molar-refractivity contribution in [3.05, 3.63) is 28.3 Å². The molecule has 0 aliphatic heterocycles. The lowest BCUT2D eigenvalue weighted by atomic mass is 9.96. The quantitative estimate of drug-likeness (QED) is 0.859. The van der Waals surface area contributed by atoms with Crippen molar-refractivity contribution in [2.75, 3.05) is 13.7 Å². The first-order valence-corrected chi connectivity index (χ1v) is 5.58. The Balaban J connectivity index is 3.28. The van der Waals surface area contributed by atoms with Crippen LogP contribution in [0, 0.1) is 0 Å². The van der Waals surface area contributed by atoms with Crippen molar-refractivity contribution in [1.82, 2.24) is 0 Å². The summed E-state index contributed by atoms with van der Waals surface area (Å²) in [5.41, 5.74) is 7.91. The van der Waals surface area contributed by atoms with E-state index in [1.54, 1.807) is 7.11 Å². The fourth-order valence-corrected chi connectivity index (χ4v) is 1.93. The van der Waals surface area contributed by atoms with E-state index in [0.29, 0.717) is 6.54 Å². The van der Waals surface area contributed by atoms with Crippen molar-refractivity contribution >= 4 is 11.6 Å². The average molecular weight is 228 g/mol. The maximum atomic E-state index is 6.06. The van der Waals surface area contributed by atoms with E-state index in [1.165, 1.54) is 0 Å². The number of benzene rings is 1. The Morgan fingerprint density at radius 1 is 1.47 bits per heavy atom.